The van der Waals surface area contributed by atoms with Crippen molar-refractivity contribution in [3.63, 3.8) is 0 Å². The molecule has 18 heavy (non-hydrogen) atoms. The minimum atomic E-state index is 0.429. The van der Waals surface area contributed by atoms with Crippen LogP contribution in [-0.2, 0) is 0 Å². The van der Waals surface area contributed by atoms with Crippen LogP contribution in [0.5, 0.6) is 0 Å². The lowest BCUT2D eigenvalue weighted by Gasteiger charge is -2.18. The summed E-state index contributed by atoms with van der Waals surface area (Å²) in [5, 5.41) is 3.51. The van der Waals surface area contributed by atoms with Crippen LogP contribution >= 0.6 is 12.2 Å². The molecule has 1 fully saturated rings. The second-order valence-corrected chi connectivity index (χ2v) is 5.62. The van der Waals surface area contributed by atoms with Crippen molar-refractivity contribution in [1.29, 1.82) is 0 Å². The first-order valence-corrected chi connectivity index (χ1v) is 7.04. The molecule has 3 nitrogen and oxygen atoms in total. The van der Waals surface area contributed by atoms with Crippen molar-refractivity contribution in [2.75, 3.05) is 5.32 Å². The SMILES string of the molecule is CCC(CC1CC1)Nc1cc(C(N)=S)cc(C)n1. The van der Waals surface area contributed by atoms with Gasteiger partial charge in [0.2, 0.25) is 0 Å². The van der Waals surface area contributed by atoms with Gasteiger partial charge in [0, 0.05) is 17.3 Å². The summed E-state index contributed by atoms with van der Waals surface area (Å²) < 4.78 is 0. The normalized spacial score (nSPS) is 16.3. The minimum Gasteiger partial charge on any atom is -0.389 e. The van der Waals surface area contributed by atoms with E-state index in [4.69, 9.17) is 18.0 Å². The molecule has 1 unspecified atom stereocenters. The lowest BCUT2D eigenvalue weighted by Crippen LogP contribution is -2.21. The summed E-state index contributed by atoms with van der Waals surface area (Å²) in [6.45, 7) is 4.18. The van der Waals surface area contributed by atoms with Gasteiger partial charge < -0.3 is 11.1 Å². The zero-order chi connectivity index (χ0) is 13.1. The molecule has 0 aromatic carbocycles. The molecule has 4 heteroatoms. The Hall–Kier alpha value is -1.16. The van der Waals surface area contributed by atoms with Gasteiger partial charge in [-0.25, -0.2) is 4.98 Å². The smallest absolute Gasteiger partial charge is 0.127 e. The van der Waals surface area contributed by atoms with E-state index in [9.17, 15) is 0 Å². The molecule has 0 radical (unpaired) electrons. The number of hydrogen-bond acceptors (Lipinski definition) is 3. The quantitative estimate of drug-likeness (QED) is 0.775. The Kier molecular flexibility index (Phi) is 4.17. The van der Waals surface area contributed by atoms with E-state index in [1.807, 2.05) is 19.1 Å². The number of aromatic nitrogens is 1. The first kappa shape index (κ1) is 13.3. The van der Waals surface area contributed by atoms with Crippen molar-refractivity contribution in [1.82, 2.24) is 4.98 Å². The van der Waals surface area contributed by atoms with Crippen molar-refractivity contribution >= 4 is 23.0 Å². The lowest BCUT2D eigenvalue weighted by atomic mass is 10.1. The van der Waals surface area contributed by atoms with Gasteiger partial charge in [-0.15, -0.1) is 0 Å². The number of nitrogens with zero attached hydrogens (tertiary/aromatic N) is 1. The molecule has 3 N–H and O–H groups in total. The van der Waals surface area contributed by atoms with Crippen LogP contribution in [0.2, 0.25) is 0 Å². The molecular formula is C14H21N3S. The van der Waals surface area contributed by atoms with Crippen LogP contribution in [0.1, 0.15) is 43.9 Å². The number of nitrogens with one attached hydrogen (secondary N) is 1. The van der Waals surface area contributed by atoms with Crippen LogP contribution in [0.3, 0.4) is 0 Å². The summed E-state index contributed by atoms with van der Waals surface area (Å²) >= 11 is 5.03. The molecule has 1 atom stereocenters. The maximum Gasteiger partial charge on any atom is 0.127 e. The van der Waals surface area contributed by atoms with E-state index in [1.54, 1.807) is 0 Å². The highest BCUT2D eigenvalue weighted by molar-refractivity contribution is 7.80. The van der Waals surface area contributed by atoms with E-state index < -0.39 is 0 Å². The average molecular weight is 263 g/mol. The van der Waals surface area contributed by atoms with Crippen molar-refractivity contribution in [3.05, 3.63) is 23.4 Å². The lowest BCUT2D eigenvalue weighted by molar-refractivity contribution is 0.585. The van der Waals surface area contributed by atoms with Crippen molar-refractivity contribution < 1.29 is 0 Å². The highest BCUT2D eigenvalue weighted by Crippen LogP contribution is 2.34. The van der Waals surface area contributed by atoms with Crippen molar-refractivity contribution in [2.45, 2.75) is 45.6 Å². The molecule has 0 bridgehead atoms. The fourth-order valence-electron chi connectivity index (χ4n) is 2.18. The van der Waals surface area contributed by atoms with Crippen LogP contribution in [0.4, 0.5) is 5.82 Å². The van der Waals surface area contributed by atoms with E-state index in [2.05, 4.69) is 17.2 Å². The molecule has 1 aliphatic carbocycles. The second-order valence-electron chi connectivity index (χ2n) is 5.18. The van der Waals surface area contributed by atoms with Gasteiger partial charge in [0.05, 0.1) is 0 Å². The zero-order valence-electron chi connectivity index (χ0n) is 11.1. The molecule has 0 amide bonds. The van der Waals surface area contributed by atoms with Gasteiger partial charge in [0.25, 0.3) is 0 Å². The van der Waals surface area contributed by atoms with Gasteiger partial charge >= 0.3 is 0 Å². The Bertz CT molecular complexity index is 441. The number of pyridine rings is 1. The number of nitrogens with two attached hydrogens (primary N) is 1. The first-order chi connectivity index (χ1) is 8.58. The largest absolute Gasteiger partial charge is 0.389 e. The van der Waals surface area contributed by atoms with E-state index in [-0.39, 0.29) is 0 Å². The Morgan fingerprint density at radius 1 is 1.56 bits per heavy atom. The maximum atomic E-state index is 5.68. The van der Waals surface area contributed by atoms with Crippen molar-refractivity contribution in [3.8, 4) is 0 Å². The molecular weight excluding hydrogens is 242 g/mol. The van der Waals surface area contributed by atoms with Gasteiger partial charge in [0.15, 0.2) is 0 Å². The standard InChI is InChI=1S/C14H21N3S/c1-3-12(7-10-4-5-10)17-13-8-11(14(15)18)6-9(2)16-13/h6,8,10,12H,3-5,7H2,1-2H3,(H2,15,18)(H,16,17). The van der Waals surface area contributed by atoms with Crippen LogP contribution in [0, 0.1) is 12.8 Å². The molecule has 98 valence electrons. The Balaban J connectivity index is 2.08. The highest BCUT2D eigenvalue weighted by Gasteiger charge is 2.24. The van der Waals surface area contributed by atoms with Crippen LogP contribution in [0.25, 0.3) is 0 Å². The molecule has 1 aromatic heterocycles. The van der Waals surface area contributed by atoms with Gasteiger partial charge in [-0.05, 0) is 37.8 Å². The van der Waals surface area contributed by atoms with Crippen LogP contribution < -0.4 is 11.1 Å². The van der Waals surface area contributed by atoms with Gasteiger partial charge in [-0.3, -0.25) is 0 Å². The van der Waals surface area contributed by atoms with Crippen molar-refractivity contribution in [2.24, 2.45) is 11.7 Å². The predicted octanol–water partition coefficient (Wildman–Crippen LogP) is 3.01. The molecule has 2 rings (SSSR count). The fraction of sp³-hybridized carbons (Fsp3) is 0.571. The number of rotatable bonds is 6. The first-order valence-electron chi connectivity index (χ1n) is 6.63. The fourth-order valence-corrected chi connectivity index (χ4v) is 2.30. The molecule has 1 aromatic rings. The number of aryl methyl sites for hydroxylation is 1. The Morgan fingerprint density at radius 2 is 2.28 bits per heavy atom. The van der Waals surface area contributed by atoms with E-state index in [1.165, 1.54) is 19.3 Å². The molecule has 1 saturated carbocycles. The Labute approximate surface area is 114 Å². The van der Waals surface area contributed by atoms with Crippen LogP contribution in [0.15, 0.2) is 12.1 Å². The van der Waals surface area contributed by atoms with Crippen LogP contribution in [-0.4, -0.2) is 16.0 Å². The second kappa shape index (κ2) is 5.65. The number of anilines is 1. The molecule has 0 saturated heterocycles. The third kappa shape index (κ3) is 3.67. The third-order valence-corrected chi connectivity index (χ3v) is 3.63. The number of hydrogen-bond donors (Lipinski definition) is 2. The summed E-state index contributed by atoms with van der Waals surface area (Å²) in [4.78, 5) is 4.93. The predicted molar refractivity (Wildman–Crippen MR) is 79.9 cm³/mol. The molecule has 0 aliphatic heterocycles. The summed E-state index contributed by atoms with van der Waals surface area (Å²) in [6.07, 6.45) is 5.14. The van der Waals surface area contributed by atoms with Gasteiger partial charge in [-0.2, -0.15) is 0 Å². The molecule has 1 aliphatic rings. The minimum absolute atomic E-state index is 0.429. The summed E-state index contributed by atoms with van der Waals surface area (Å²) in [5.41, 5.74) is 7.52. The average Bonchev–Trinajstić information content (AvgIpc) is 3.11. The molecule has 1 heterocycles. The van der Waals surface area contributed by atoms with Gasteiger partial charge in [-0.1, -0.05) is 32.0 Å². The van der Waals surface area contributed by atoms with Gasteiger partial charge in [0.1, 0.15) is 10.8 Å². The van der Waals surface area contributed by atoms with E-state index >= 15 is 0 Å². The monoisotopic (exact) mass is 263 g/mol. The maximum absolute atomic E-state index is 5.68. The zero-order valence-corrected chi connectivity index (χ0v) is 11.9. The summed E-state index contributed by atoms with van der Waals surface area (Å²) in [6, 6.07) is 4.38. The van der Waals surface area contributed by atoms with E-state index in [0.29, 0.717) is 11.0 Å². The number of thiocarbonyl (C=S) groups is 1. The molecule has 0 spiro atoms. The van der Waals surface area contributed by atoms with E-state index in [0.717, 1.165) is 29.4 Å². The summed E-state index contributed by atoms with van der Waals surface area (Å²) in [5.74, 6) is 1.81. The topological polar surface area (TPSA) is 50.9 Å². The Morgan fingerprint density at radius 3 is 2.83 bits per heavy atom. The highest BCUT2D eigenvalue weighted by atomic mass is 32.1. The third-order valence-electron chi connectivity index (χ3n) is 3.40. The summed E-state index contributed by atoms with van der Waals surface area (Å²) in [7, 11) is 0.